The van der Waals surface area contributed by atoms with Gasteiger partial charge in [-0.3, -0.25) is 0 Å². The van der Waals surface area contributed by atoms with Gasteiger partial charge in [0.25, 0.3) is 0 Å². The number of anilines is 1. The van der Waals surface area contributed by atoms with Crippen molar-refractivity contribution in [2.45, 2.75) is 19.9 Å². The summed E-state index contributed by atoms with van der Waals surface area (Å²) in [5.74, 6) is -0.256. The third-order valence-electron chi connectivity index (χ3n) is 3.15. The standard InChI is InChI=1S/C16H18FNO/c1-11-4-3-5-14(8-11)18-16(10-19)15-7-6-13(17)9-12(15)2/h3-9,16,18-19H,10H2,1-2H3. The number of aryl methyl sites for hydroxylation is 2. The highest BCUT2D eigenvalue weighted by atomic mass is 19.1. The van der Waals surface area contributed by atoms with E-state index < -0.39 is 0 Å². The number of rotatable bonds is 4. The quantitative estimate of drug-likeness (QED) is 0.879. The molecule has 2 aromatic rings. The zero-order chi connectivity index (χ0) is 13.8. The highest BCUT2D eigenvalue weighted by Crippen LogP contribution is 2.23. The van der Waals surface area contributed by atoms with Crippen molar-refractivity contribution in [3.63, 3.8) is 0 Å². The molecule has 0 aliphatic rings. The number of hydrogen-bond acceptors (Lipinski definition) is 2. The summed E-state index contributed by atoms with van der Waals surface area (Å²) in [7, 11) is 0. The van der Waals surface area contributed by atoms with Crippen LogP contribution in [0.4, 0.5) is 10.1 Å². The monoisotopic (exact) mass is 259 g/mol. The summed E-state index contributed by atoms with van der Waals surface area (Å²) in [5.41, 5.74) is 3.84. The minimum atomic E-state index is -0.256. The molecule has 100 valence electrons. The molecule has 0 amide bonds. The molecule has 0 bridgehead atoms. The molecule has 0 saturated carbocycles. The second-order valence-electron chi connectivity index (χ2n) is 4.75. The van der Waals surface area contributed by atoms with E-state index in [0.29, 0.717) is 0 Å². The van der Waals surface area contributed by atoms with Gasteiger partial charge in [0.15, 0.2) is 0 Å². The van der Waals surface area contributed by atoms with Crippen LogP contribution in [0.5, 0.6) is 0 Å². The third-order valence-corrected chi connectivity index (χ3v) is 3.15. The molecule has 2 aromatic carbocycles. The molecule has 1 atom stereocenters. The molecule has 0 aromatic heterocycles. The number of aliphatic hydroxyl groups is 1. The zero-order valence-corrected chi connectivity index (χ0v) is 11.2. The first-order chi connectivity index (χ1) is 9.10. The second kappa shape index (κ2) is 5.85. The second-order valence-corrected chi connectivity index (χ2v) is 4.75. The topological polar surface area (TPSA) is 32.3 Å². The highest BCUT2D eigenvalue weighted by molar-refractivity contribution is 5.48. The molecule has 2 nitrogen and oxygen atoms in total. The van der Waals surface area contributed by atoms with Crippen LogP contribution in [0.2, 0.25) is 0 Å². The summed E-state index contributed by atoms with van der Waals surface area (Å²) in [4.78, 5) is 0. The molecule has 0 spiro atoms. The van der Waals surface area contributed by atoms with Crippen LogP contribution in [-0.4, -0.2) is 11.7 Å². The largest absolute Gasteiger partial charge is 0.394 e. The van der Waals surface area contributed by atoms with Gasteiger partial charge in [-0.25, -0.2) is 4.39 Å². The summed E-state index contributed by atoms with van der Waals surface area (Å²) in [6.45, 7) is 3.82. The fraction of sp³-hybridized carbons (Fsp3) is 0.250. The van der Waals surface area contributed by atoms with Crippen molar-refractivity contribution in [2.24, 2.45) is 0 Å². The summed E-state index contributed by atoms with van der Waals surface area (Å²) in [5, 5.41) is 12.8. The first-order valence-corrected chi connectivity index (χ1v) is 6.30. The predicted molar refractivity (Wildman–Crippen MR) is 75.8 cm³/mol. The van der Waals surface area contributed by atoms with Gasteiger partial charge in [0, 0.05) is 5.69 Å². The lowest BCUT2D eigenvalue weighted by Gasteiger charge is -2.20. The van der Waals surface area contributed by atoms with E-state index in [-0.39, 0.29) is 18.5 Å². The minimum Gasteiger partial charge on any atom is -0.394 e. The average Bonchev–Trinajstić information content (AvgIpc) is 2.37. The number of halogens is 1. The van der Waals surface area contributed by atoms with Crippen LogP contribution in [0.15, 0.2) is 42.5 Å². The smallest absolute Gasteiger partial charge is 0.123 e. The lowest BCUT2D eigenvalue weighted by atomic mass is 10.0. The Hall–Kier alpha value is -1.87. The van der Waals surface area contributed by atoms with E-state index in [0.717, 1.165) is 22.4 Å². The summed E-state index contributed by atoms with van der Waals surface area (Å²) < 4.78 is 13.1. The van der Waals surface area contributed by atoms with Crippen molar-refractivity contribution >= 4 is 5.69 Å². The Morgan fingerprint density at radius 2 is 1.95 bits per heavy atom. The molecule has 0 fully saturated rings. The minimum absolute atomic E-state index is 0.0413. The van der Waals surface area contributed by atoms with Crippen LogP contribution in [0.25, 0.3) is 0 Å². The lowest BCUT2D eigenvalue weighted by Crippen LogP contribution is -2.16. The van der Waals surface area contributed by atoms with Crippen LogP contribution in [0, 0.1) is 19.7 Å². The summed E-state index contributed by atoms with van der Waals surface area (Å²) >= 11 is 0. The Labute approximate surface area is 112 Å². The summed E-state index contributed by atoms with van der Waals surface area (Å²) in [6.07, 6.45) is 0. The molecule has 0 radical (unpaired) electrons. The van der Waals surface area contributed by atoms with Crippen molar-refractivity contribution in [3.05, 3.63) is 65.0 Å². The lowest BCUT2D eigenvalue weighted by molar-refractivity contribution is 0.276. The molecule has 0 aliphatic heterocycles. The number of aliphatic hydroxyl groups excluding tert-OH is 1. The molecular formula is C16H18FNO. The van der Waals surface area contributed by atoms with Crippen molar-refractivity contribution in [1.82, 2.24) is 0 Å². The van der Waals surface area contributed by atoms with Gasteiger partial charge < -0.3 is 10.4 Å². The maximum atomic E-state index is 13.1. The van der Waals surface area contributed by atoms with Gasteiger partial charge >= 0.3 is 0 Å². The molecule has 0 heterocycles. The molecular weight excluding hydrogens is 241 g/mol. The van der Waals surface area contributed by atoms with Gasteiger partial charge in [0.05, 0.1) is 12.6 Å². The molecule has 1 unspecified atom stereocenters. The Kier molecular flexibility index (Phi) is 4.17. The van der Waals surface area contributed by atoms with E-state index in [1.165, 1.54) is 12.1 Å². The first kappa shape index (κ1) is 13.6. The maximum Gasteiger partial charge on any atom is 0.123 e. The van der Waals surface area contributed by atoms with E-state index in [1.54, 1.807) is 6.07 Å². The van der Waals surface area contributed by atoms with Gasteiger partial charge in [-0.1, -0.05) is 18.2 Å². The van der Waals surface area contributed by atoms with E-state index in [1.807, 2.05) is 38.1 Å². The number of benzene rings is 2. The molecule has 2 N–H and O–H groups in total. The van der Waals surface area contributed by atoms with Crippen molar-refractivity contribution in [3.8, 4) is 0 Å². The third kappa shape index (κ3) is 3.32. The van der Waals surface area contributed by atoms with Crippen molar-refractivity contribution in [1.29, 1.82) is 0 Å². The van der Waals surface area contributed by atoms with Gasteiger partial charge in [-0.15, -0.1) is 0 Å². The van der Waals surface area contributed by atoms with Gasteiger partial charge in [0.1, 0.15) is 5.82 Å². The maximum absolute atomic E-state index is 13.1. The predicted octanol–water partition coefficient (Wildman–Crippen LogP) is 3.59. The Bertz CT molecular complexity index is 568. The van der Waals surface area contributed by atoms with Crippen LogP contribution < -0.4 is 5.32 Å². The SMILES string of the molecule is Cc1cccc(NC(CO)c2ccc(F)cc2C)c1. The van der Waals surface area contributed by atoms with Crippen LogP contribution in [-0.2, 0) is 0 Å². The fourth-order valence-electron chi connectivity index (χ4n) is 2.19. The average molecular weight is 259 g/mol. The molecule has 19 heavy (non-hydrogen) atoms. The van der Waals surface area contributed by atoms with Gasteiger partial charge in [0.2, 0.25) is 0 Å². The van der Waals surface area contributed by atoms with Crippen LogP contribution >= 0.6 is 0 Å². The van der Waals surface area contributed by atoms with E-state index in [2.05, 4.69) is 5.32 Å². The van der Waals surface area contributed by atoms with E-state index in [9.17, 15) is 9.50 Å². The Balaban J connectivity index is 2.25. The fourth-order valence-corrected chi connectivity index (χ4v) is 2.19. The Morgan fingerprint density at radius 1 is 1.16 bits per heavy atom. The molecule has 0 saturated heterocycles. The van der Waals surface area contributed by atoms with Gasteiger partial charge in [-0.2, -0.15) is 0 Å². The van der Waals surface area contributed by atoms with Gasteiger partial charge in [-0.05, 0) is 54.8 Å². The first-order valence-electron chi connectivity index (χ1n) is 6.30. The van der Waals surface area contributed by atoms with E-state index in [4.69, 9.17) is 0 Å². The van der Waals surface area contributed by atoms with E-state index >= 15 is 0 Å². The number of hydrogen-bond donors (Lipinski definition) is 2. The Morgan fingerprint density at radius 3 is 2.58 bits per heavy atom. The molecule has 2 rings (SSSR count). The highest BCUT2D eigenvalue weighted by Gasteiger charge is 2.13. The van der Waals surface area contributed by atoms with Crippen molar-refractivity contribution < 1.29 is 9.50 Å². The van der Waals surface area contributed by atoms with Crippen LogP contribution in [0.1, 0.15) is 22.7 Å². The zero-order valence-electron chi connectivity index (χ0n) is 11.2. The normalized spacial score (nSPS) is 12.2. The molecule has 0 aliphatic carbocycles. The van der Waals surface area contributed by atoms with Crippen LogP contribution in [0.3, 0.4) is 0 Å². The number of nitrogens with one attached hydrogen (secondary N) is 1. The van der Waals surface area contributed by atoms with Crippen molar-refractivity contribution in [2.75, 3.05) is 11.9 Å². The molecule has 3 heteroatoms. The summed E-state index contributed by atoms with van der Waals surface area (Å²) in [6, 6.07) is 12.3.